The van der Waals surface area contributed by atoms with Gasteiger partial charge in [-0.2, -0.15) is 0 Å². The summed E-state index contributed by atoms with van der Waals surface area (Å²) in [6.07, 6.45) is 0.972. The van der Waals surface area contributed by atoms with E-state index in [1.807, 2.05) is 0 Å². The summed E-state index contributed by atoms with van der Waals surface area (Å²) in [7, 11) is 0. The Bertz CT molecular complexity index is 403. The van der Waals surface area contributed by atoms with Crippen LogP contribution < -0.4 is 5.73 Å². The molecule has 2 N–H and O–H groups in total. The summed E-state index contributed by atoms with van der Waals surface area (Å²) in [4.78, 5) is 0. The molecule has 1 fully saturated rings. The van der Waals surface area contributed by atoms with Gasteiger partial charge >= 0.3 is 0 Å². The first kappa shape index (κ1) is 10.9. The zero-order chi connectivity index (χ0) is 11.3. The SMILES string of the molecule is CC1(C)CC1(CN)c1cc(F)ccc1Cl. The van der Waals surface area contributed by atoms with Gasteiger partial charge in [-0.05, 0) is 35.6 Å². The van der Waals surface area contributed by atoms with Crippen molar-refractivity contribution in [2.75, 3.05) is 6.54 Å². The Morgan fingerprint density at radius 2 is 2.07 bits per heavy atom. The lowest BCUT2D eigenvalue weighted by atomic mass is 9.88. The number of hydrogen-bond acceptors (Lipinski definition) is 1. The monoisotopic (exact) mass is 227 g/mol. The molecule has 1 atom stereocenters. The van der Waals surface area contributed by atoms with Gasteiger partial charge in [-0.1, -0.05) is 25.4 Å². The highest BCUT2D eigenvalue weighted by atomic mass is 35.5. The van der Waals surface area contributed by atoms with Gasteiger partial charge < -0.3 is 5.73 Å². The average molecular weight is 228 g/mol. The fourth-order valence-electron chi connectivity index (χ4n) is 2.49. The van der Waals surface area contributed by atoms with E-state index in [1.165, 1.54) is 12.1 Å². The molecule has 3 heteroatoms. The number of benzene rings is 1. The molecule has 0 spiro atoms. The Morgan fingerprint density at radius 1 is 1.47 bits per heavy atom. The maximum absolute atomic E-state index is 13.2. The second-order valence-corrected chi connectivity index (χ2v) is 5.38. The van der Waals surface area contributed by atoms with Crippen LogP contribution in [0.1, 0.15) is 25.8 Å². The van der Waals surface area contributed by atoms with E-state index in [1.54, 1.807) is 6.07 Å². The minimum absolute atomic E-state index is 0.124. The summed E-state index contributed by atoms with van der Waals surface area (Å²) in [5.74, 6) is -0.245. The molecule has 1 aliphatic carbocycles. The highest BCUT2D eigenvalue weighted by molar-refractivity contribution is 6.31. The molecule has 82 valence electrons. The maximum atomic E-state index is 13.2. The minimum Gasteiger partial charge on any atom is -0.330 e. The Hall–Kier alpha value is -0.600. The molecular weight excluding hydrogens is 213 g/mol. The fraction of sp³-hybridized carbons (Fsp3) is 0.500. The van der Waals surface area contributed by atoms with E-state index in [4.69, 9.17) is 17.3 Å². The van der Waals surface area contributed by atoms with Gasteiger partial charge in [-0.3, -0.25) is 0 Å². The molecule has 1 nitrogen and oxygen atoms in total. The third-order valence-electron chi connectivity index (χ3n) is 3.71. The minimum atomic E-state index is -0.245. The normalized spacial score (nSPS) is 27.8. The summed E-state index contributed by atoms with van der Waals surface area (Å²) < 4.78 is 13.2. The van der Waals surface area contributed by atoms with Gasteiger partial charge in [0.2, 0.25) is 0 Å². The molecule has 0 radical (unpaired) electrons. The molecule has 0 aliphatic heterocycles. The van der Waals surface area contributed by atoms with Crippen molar-refractivity contribution in [1.82, 2.24) is 0 Å². The maximum Gasteiger partial charge on any atom is 0.123 e. The highest BCUT2D eigenvalue weighted by Crippen LogP contribution is 2.64. The van der Waals surface area contributed by atoms with Crippen molar-refractivity contribution in [3.8, 4) is 0 Å². The van der Waals surface area contributed by atoms with Crippen molar-refractivity contribution in [3.63, 3.8) is 0 Å². The van der Waals surface area contributed by atoms with Crippen LogP contribution in [0.2, 0.25) is 5.02 Å². The van der Waals surface area contributed by atoms with Crippen molar-refractivity contribution < 1.29 is 4.39 Å². The van der Waals surface area contributed by atoms with Gasteiger partial charge in [0, 0.05) is 17.0 Å². The molecule has 0 amide bonds. The quantitative estimate of drug-likeness (QED) is 0.826. The number of rotatable bonds is 2. The van der Waals surface area contributed by atoms with E-state index in [0.29, 0.717) is 11.6 Å². The van der Waals surface area contributed by atoms with Gasteiger partial charge in [-0.15, -0.1) is 0 Å². The lowest BCUT2D eigenvalue weighted by molar-refractivity contribution is 0.499. The largest absolute Gasteiger partial charge is 0.330 e. The standard InChI is InChI=1S/C12H15ClFN/c1-11(2)6-12(11,7-15)9-5-8(14)3-4-10(9)13/h3-5H,6-7,15H2,1-2H3. The number of halogens is 2. The van der Waals surface area contributed by atoms with Crippen molar-refractivity contribution >= 4 is 11.6 Å². The Kier molecular flexibility index (Phi) is 2.32. The van der Waals surface area contributed by atoms with Crippen LogP contribution in [0, 0.1) is 11.2 Å². The zero-order valence-electron chi connectivity index (χ0n) is 8.98. The molecule has 0 bridgehead atoms. The Balaban J connectivity index is 2.50. The van der Waals surface area contributed by atoms with Crippen LogP contribution in [0.5, 0.6) is 0 Å². The van der Waals surface area contributed by atoms with E-state index >= 15 is 0 Å². The summed E-state index contributed by atoms with van der Waals surface area (Å²) in [5, 5.41) is 0.618. The molecule has 0 saturated heterocycles. The number of hydrogen-bond donors (Lipinski definition) is 1. The summed E-state index contributed by atoms with van der Waals surface area (Å²) in [6, 6.07) is 4.51. The zero-order valence-corrected chi connectivity index (χ0v) is 9.74. The summed E-state index contributed by atoms with van der Waals surface area (Å²) in [5.41, 5.74) is 6.66. The molecule has 0 aromatic heterocycles. The first-order valence-electron chi connectivity index (χ1n) is 5.08. The van der Waals surface area contributed by atoms with Crippen LogP contribution in [-0.2, 0) is 5.41 Å². The molecule has 0 heterocycles. The van der Waals surface area contributed by atoms with Gasteiger partial charge in [0.25, 0.3) is 0 Å². The lowest BCUT2D eigenvalue weighted by Crippen LogP contribution is -2.25. The van der Waals surface area contributed by atoms with Gasteiger partial charge in [0.05, 0.1) is 0 Å². The summed E-state index contributed by atoms with van der Waals surface area (Å²) in [6.45, 7) is 4.80. The Labute approximate surface area is 94.4 Å². The van der Waals surface area contributed by atoms with E-state index in [9.17, 15) is 4.39 Å². The molecule has 1 aromatic carbocycles. The van der Waals surface area contributed by atoms with Crippen molar-refractivity contribution in [2.24, 2.45) is 11.1 Å². The molecule has 1 unspecified atom stereocenters. The third-order valence-corrected chi connectivity index (χ3v) is 4.04. The Morgan fingerprint density at radius 3 is 2.53 bits per heavy atom. The molecule has 1 saturated carbocycles. The number of nitrogens with two attached hydrogens (primary N) is 1. The van der Waals surface area contributed by atoms with Gasteiger partial charge in [0.15, 0.2) is 0 Å². The third kappa shape index (κ3) is 1.47. The van der Waals surface area contributed by atoms with Crippen LogP contribution in [0.4, 0.5) is 4.39 Å². The van der Waals surface area contributed by atoms with E-state index in [0.717, 1.165) is 12.0 Å². The predicted molar refractivity (Wildman–Crippen MR) is 60.5 cm³/mol. The molecule has 1 aliphatic rings. The molecule has 2 rings (SSSR count). The van der Waals surface area contributed by atoms with Crippen LogP contribution in [0.3, 0.4) is 0 Å². The van der Waals surface area contributed by atoms with Crippen LogP contribution >= 0.6 is 11.6 Å². The average Bonchev–Trinajstić information content (AvgIpc) is 2.74. The van der Waals surface area contributed by atoms with Crippen LogP contribution in [-0.4, -0.2) is 6.54 Å². The fourth-order valence-corrected chi connectivity index (χ4v) is 2.79. The second-order valence-electron chi connectivity index (χ2n) is 4.97. The summed E-state index contributed by atoms with van der Waals surface area (Å²) >= 11 is 6.10. The van der Waals surface area contributed by atoms with Crippen LogP contribution in [0.15, 0.2) is 18.2 Å². The second kappa shape index (κ2) is 3.19. The first-order chi connectivity index (χ1) is 6.93. The smallest absolute Gasteiger partial charge is 0.123 e. The topological polar surface area (TPSA) is 26.0 Å². The lowest BCUT2D eigenvalue weighted by Gasteiger charge is -2.20. The van der Waals surface area contributed by atoms with E-state index < -0.39 is 0 Å². The molecular formula is C12H15ClFN. The van der Waals surface area contributed by atoms with Crippen molar-refractivity contribution in [1.29, 1.82) is 0 Å². The van der Waals surface area contributed by atoms with Crippen LogP contribution in [0.25, 0.3) is 0 Å². The highest BCUT2D eigenvalue weighted by Gasteiger charge is 2.61. The van der Waals surface area contributed by atoms with Crippen molar-refractivity contribution in [3.05, 3.63) is 34.6 Å². The predicted octanol–water partition coefficient (Wildman–Crippen LogP) is 3.11. The molecule has 1 aromatic rings. The van der Waals surface area contributed by atoms with Gasteiger partial charge in [-0.25, -0.2) is 4.39 Å². The van der Waals surface area contributed by atoms with E-state index in [-0.39, 0.29) is 16.6 Å². The van der Waals surface area contributed by atoms with Crippen molar-refractivity contribution in [2.45, 2.75) is 25.7 Å². The van der Waals surface area contributed by atoms with E-state index in [2.05, 4.69) is 13.8 Å². The molecule has 15 heavy (non-hydrogen) atoms. The first-order valence-corrected chi connectivity index (χ1v) is 5.46. The van der Waals surface area contributed by atoms with Gasteiger partial charge in [0.1, 0.15) is 5.82 Å².